The van der Waals surface area contributed by atoms with Crippen molar-refractivity contribution in [1.82, 2.24) is 9.97 Å². The predicted octanol–water partition coefficient (Wildman–Crippen LogP) is 28.7. The Balaban J connectivity index is 0.000000168. The van der Waals surface area contributed by atoms with Crippen LogP contribution in [0.4, 0.5) is 8.78 Å². The van der Waals surface area contributed by atoms with E-state index < -0.39 is 29.5 Å². The van der Waals surface area contributed by atoms with E-state index in [9.17, 15) is 37.5 Å². The van der Waals surface area contributed by atoms with Gasteiger partial charge in [-0.15, -0.1) is 0 Å². The number of esters is 4. The highest BCUT2D eigenvalue weighted by molar-refractivity contribution is 5.91. The number of hydrogen-bond acceptors (Lipinski definition) is 18. The fourth-order valence-electron chi connectivity index (χ4n) is 15.9. The van der Waals surface area contributed by atoms with Crippen LogP contribution >= 0.6 is 0 Å². The van der Waals surface area contributed by atoms with E-state index in [-0.39, 0.29) is 74.4 Å². The molecule has 708 valence electrons. The van der Waals surface area contributed by atoms with Gasteiger partial charge in [0.1, 0.15) is 46.0 Å². The molecule has 12 aromatic rings. The van der Waals surface area contributed by atoms with Gasteiger partial charge in [0.05, 0.1) is 59.8 Å². The van der Waals surface area contributed by atoms with E-state index >= 15 is 0 Å². The Morgan fingerprint density at radius 1 is 0.333 bits per heavy atom. The van der Waals surface area contributed by atoms with E-state index in [2.05, 4.69) is 136 Å². The van der Waals surface area contributed by atoms with Crippen LogP contribution in [0.15, 0.2) is 261 Å². The molecule has 2 N–H and O–H groups in total. The van der Waals surface area contributed by atoms with Crippen LogP contribution in [0.25, 0.3) is 0 Å². The maximum atomic E-state index is 14.1. The Morgan fingerprint density at radius 2 is 0.644 bits per heavy atom. The summed E-state index contributed by atoms with van der Waals surface area (Å²) in [5, 5.41) is 17.6. The lowest BCUT2D eigenvalue weighted by Crippen LogP contribution is -2.48. The van der Waals surface area contributed by atoms with Crippen LogP contribution in [0.2, 0.25) is 0 Å². The van der Waals surface area contributed by atoms with Crippen molar-refractivity contribution in [3.05, 3.63) is 345 Å². The molecule has 0 saturated heterocycles. The third-order valence-electron chi connectivity index (χ3n) is 23.5. The molecule has 0 aliphatic heterocycles. The molecule has 0 amide bonds. The lowest BCUT2D eigenvalue weighted by Gasteiger charge is -2.57. The monoisotopic (exact) mass is 1830 g/mol. The van der Waals surface area contributed by atoms with Crippen molar-refractivity contribution in [2.24, 2.45) is 17.8 Å². The molecule has 135 heavy (non-hydrogen) atoms. The summed E-state index contributed by atoms with van der Waals surface area (Å²) >= 11 is 0. The lowest BCUT2D eigenvalue weighted by atomic mass is 9.48. The first kappa shape index (κ1) is 103. The molecule has 0 spiro atoms. The van der Waals surface area contributed by atoms with Crippen molar-refractivity contribution >= 4 is 35.8 Å². The zero-order valence-corrected chi connectivity index (χ0v) is 80.4. The van der Waals surface area contributed by atoms with Gasteiger partial charge in [0.15, 0.2) is 23.1 Å². The number of benzene rings is 10. The third-order valence-corrected chi connectivity index (χ3v) is 23.5. The topological polar surface area (TPSA) is 261 Å². The number of carbonyl (C=O) groups is 6. The summed E-state index contributed by atoms with van der Waals surface area (Å²) in [6, 6.07) is 73.6. The molecular formula is C113H124F2N2O18. The second-order valence-electron chi connectivity index (χ2n) is 37.3. The van der Waals surface area contributed by atoms with Gasteiger partial charge in [-0.1, -0.05) is 161 Å². The van der Waals surface area contributed by atoms with Gasteiger partial charge in [-0.05, 0) is 328 Å². The van der Waals surface area contributed by atoms with E-state index in [1.54, 1.807) is 99.6 Å². The quantitative estimate of drug-likeness (QED) is 0.0398. The Bertz CT molecular complexity index is 5890. The van der Waals surface area contributed by atoms with E-state index in [0.29, 0.717) is 76.7 Å². The van der Waals surface area contributed by atoms with Gasteiger partial charge in [0, 0.05) is 24.5 Å². The van der Waals surface area contributed by atoms with Crippen molar-refractivity contribution in [3.8, 4) is 69.3 Å². The standard InChI is InChI=1S/C25H28O3.C20H24O3.C19H21FO3.C17H17FO3.C17H19NO3.C15H15NO3/c1-2-27-24(26)20-3-7-22(8-4-20)28-23-9-5-21(6-10-23)25-14-17-11-18(15-25)13-19(12-17)16-25;1-5-20(3,4)16-9-13-18(14-10-16)23-17-11-7-15(8-12-17)19(21)22-6-2;1-5-22-18(21)13-6-11-17(16(20)12-13)23-15-9-7-14(8-10-15)19(2,3)4;1-17(2,3)12-5-7-13(8-6-12)21-15-9-4-11(16(19)20)10-14(15)18;1-11-9-13(17(2,3)4)6-7-14(11)21-15-8-5-12(10-18-15)16(19)20;1-3-18-15(17)12-6-9-14(16-10-12)19-13-7-4-11(2)5-8-13/h3-10,17-19H,2,11-16H2,1H3;7-14H,5-6H2,1-4H3;6-12H,5H2,1-4H3;4-10H,1-3H3,(H,19,20);5-10H,1-4H3,(H,19,20);4-10H,3H2,1-2H3. The van der Waals surface area contributed by atoms with Gasteiger partial charge in [-0.25, -0.2) is 47.5 Å². The molecule has 4 saturated carbocycles. The molecule has 2 aromatic heterocycles. The summed E-state index contributed by atoms with van der Waals surface area (Å²) in [5.74, 6) is 4.29. The number of carbonyl (C=O) groups excluding carboxylic acids is 4. The van der Waals surface area contributed by atoms with Gasteiger partial charge in [0.25, 0.3) is 0 Å². The third kappa shape index (κ3) is 30.2. The molecule has 4 aliphatic rings. The molecule has 10 aromatic carbocycles. The Morgan fingerprint density at radius 3 is 1.01 bits per heavy atom. The van der Waals surface area contributed by atoms with Crippen LogP contribution in [-0.4, -0.2) is 82.4 Å². The van der Waals surface area contributed by atoms with Gasteiger partial charge in [0.2, 0.25) is 11.8 Å². The molecule has 0 unspecified atom stereocenters. The number of carboxylic acids is 2. The van der Waals surface area contributed by atoms with E-state index in [4.69, 9.17) is 57.6 Å². The SMILES string of the molecule is CC(C)(C)c1ccc(Oc2ccc(C(=O)O)cc2F)cc1.CCOC(=O)c1ccc(Oc2ccc(C(C)(C)C)cc2)c(F)c1.CCOC(=O)c1ccc(Oc2ccc(C(C)(C)CC)cc2)cc1.CCOC(=O)c1ccc(Oc2ccc(C)cc2)nc1.CCOC(=O)c1ccc(Oc2ccc(C34CC5CC(CC(C5)C3)C4)cc2)cc1.Cc1cc(C(C)(C)C)ccc1Oc1ccc(C(=O)O)cn1. The van der Waals surface area contributed by atoms with Crippen LogP contribution in [0.1, 0.15) is 257 Å². The van der Waals surface area contributed by atoms with Gasteiger partial charge in [-0.2, -0.15) is 0 Å². The number of hydrogen-bond donors (Lipinski definition) is 2. The van der Waals surface area contributed by atoms with Crippen LogP contribution in [-0.2, 0) is 46.0 Å². The van der Waals surface area contributed by atoms with Crippen LogP contribution in [0.5, 0.6) is 69.3 Å². The predicted molar refractivity (Wildman–Crippen MR) is 520 cm³/mol. The molecule has 22 heteroatoms. The minimum absolute atomic E-state index is 0.00325. The Labute approximate surface area is 791 Å². The number of carboxylic acid groups (broad SMARTS) is 2. The van der Waals surface area contributed by atoms with Crippen molar-refractivity contribution in [2.75, 3.05) is 26.4 Å². The Hall–Kier alpha value is -14.0. The second kappa shape index (κ2) is 47.1. The Kier molecular flexibility index (Phi) is 35.9. The minimum Gasteiger partial charge on any atom is -0.478 e. The second-order valence-corrected chi connectivity index (χ2v) is 37.3. The maximum Gasteiger partial charge on any atom is 0.339 e. The molecule has 4 bridgehead atoms. The number of rotatable bonds is 25. The number of halogens is 2. The molecule has 4 aliphatic carbocycles. The lowest BCUT2D eigenvalue weighted by molar-refractivity contribution is -0.00521. The average molecular weight is 1840 g/mol. The number of nitrogens with zero attached hydrogens (tertiary/aromatic N) is 2. The zero-order valence-electron chi connectivity index (χ0n) is 80.4. The fraction of sp³-hybridized carbons (Fsp3) is 0.327. The number of pyridine rings is 2. The molecule has 0 radical (unpaired) electrons. The number of aromatic carboxylic acids is 2. The minimum atomic E-state index is -1.17. The summed E-state index contributed by atoms with van der Waals surface area (Å²) in [5.41, 5.74) is 11.0. The first-order valence-electron chi connectivity index (χ1n) is 45.7. The molecule has 16 rings (SSSR count). The smallest absolute Gasteiger partial charge is 0.339 e. The van der Waals surface area contributed by atoms with Crippen LogP contribution < -0.4 is 28.4 Å². The normalized spacial score (nSPS) is 15.0. The summed E-state index contributed by atoms with van der Waals surface area (Å²) in [4.78, 5) is 76.0. The maximum absolute atomic E-state index is 14.1. The van der Waals surface area contributed by atoms with Crippen LogP contribution in [0.3, 0.4) is 0 Å². The summed E-state index contributed by atoms with van der Waals surface area (Å²) in [6.07, 6.45) is 12.4. The number of aromatic nitrogens is 2. The molecule has 4 fully saturated rings. The largest absolute Gasteiger partial charge is 0.478 e. The fourth-order valence-corrected chi connectivity index (χ4v) is 15.9. The van der Waals surface area contributed by atoms with Crippen molar-refractivity contribution in [3.63, 3.8) is 0 Å². The average Bonchev–Trinajstić information content (AvgIpc) is 0.733. The van der Waals surface area contributed by atoms with Crippen molar-refractivity contribution < 1.29 is 95.1 Å². The summed E-state index contributed by atoms with van der Waals surface area (Å²) in [6.45, 7) is 38.2. The van der Waals surface area contributed by atoms with Gasteiger partial charge in [-0.3, -0.25) is 0 Å². The zero-order chi connectivity index (χ0) is 98.0. The summed E-state index contributed by atoms with van der Waals surface area (Å²) < 4.78 is 81.6. The number of ether oxygens (including phenoxy) is 10. The van der Waals surface area contributed by atoms with Gasteiger partial charge >= 0.3 is 35.8 Å². The van der Waals surface area contributed by atoms with Crippen molar-refractivity contribution in [2.45, 2.75) is 197 Å². The molecule has 2 heterocycles. The number of aryl methyl sites for hydroxylation is 2. The highest BCUT2D eigenvalue weighted by Crippen LogP contribution is 2.61. The van der Waals surface area contributed by atoms with E-state index in [0.717, 1.165) is 76.0 Å². The molecule has 0 atom stereocenters. The highest BCUT2D eigenvalue weighted by atomic mass is 19.1. The highest BCUT2D eigenvalue weighted by Gasteiger charge is 2.51. The van der Waals surface area contributed by atoms with Crippen LogP contribution in [0, 0.1) is 43.2 Å². The van der Waals surface area contributed by atoms with Gasteiger partial charge < -0.3 is 57.6 Å². The molecule has 20 nitrogen and oxygen atoms in total. The van der Waals surface area contributed by atoms with Crippen molar-refractivity contribution in [1.29, 1.82) is 0 Å². The summed E-state index contributed by atoms with van der Waals surface area (Å²) in [7, 11) is 0. The first-order valence-corrected chi connectivity index (χ1v) is 45.7. The van der Waals surface area contributed by atoms with E-state index in [1.807, 2.05) is 106 Å². The van der Waals surface area contributed by atoms with E-state index in [1.165, 1.54) is 104 Å². The first-order chi connectivity index (χ1) is 64.1. The molecular weight excluding hydrogens is 1710 g/mol.